The largest absolute Gasteiger partial charge is 0.339 e. The van der Waals surface area contributed by atoms with E-state index in [-0.39, 0.29) is 23.9 Å². The molecule has 1 aliphatic rings. The second-order valence-corrected chi connectivity index (χ2v) is 6.34. The molecule has 0 bridgehead atoms. The van der Waals surface area contributed by atoms with Gasteiger partial charge in [0.2, 0.25) is 5.89 Å². The van der Waals surface area contributed by atoms with E-state index in [1.165, 1.54) is 18.4 Å². The van der Waals surface area contributed by atoms with Crippen LogP contribution in [0, 0.1) is 0 Å². The van der Waals surface area contributed by atoms with Crippen LogP contribution in [0.2, 0.25) is 0 Å². The quantitative estimate of drug-likeness (QED) is 0.933. The minimum atomic E-state index is -0.221. The number of halogens is 1. The predicted octanol–water partition coefficient (Wildman–Crippen LogP) is 3.65. The molecular formula is C17H24ClN3O. The van der Waals surface area contributed by atoms with Gasteiger partial charge in [0.25, 0.3) is 0 Å². The first-order valence-corrected chi connectivity index (χ1v) is 7.80. The number of aryl methyl sites for hydroxylation is 2. The Balaban J connectivity index is 0.00000176. The number of aromatic nitrogens is 2. The zero-order valence-corrected chi connectivity index (χ0v) is 13.8. The third kappa shape index (κ3) is 3.87. The van der Waals surface area contributed by atoms with Crippen LogP contribution < -0.4 is 5.73 Å². The fraction of sp³-hybridized carbons (Fsp3) is 0.529. The molecule has 1 saturated carbocycles. The van der Waals surface area contributed by atoms with Crippen molar-refractivity contribution >= 4 is 12.4 Å². The van der Waals surface area contributed by atoms with Crippen LogP contribution >= 0.6 is 12.4 Å². The van der Waals surface area contributed by atoms with Gasteiger partial charge in [-0.1, -0.05) is 48.3 Å². The van der Waals surface area contributed by atoms with E-state index in [0.29, 0.717) is 0 Å². The lowest BCUT2D eigenvalue weighted by atomic mass is 9.74. The molecule has 1 fully saturated rings. The van der Waals surface area contributed by atoms with Gasteiger partial charge >= 0.3 is 0 Å². The molecule has 4 nitrogen and oxygen atoms in total. The molecular weight excluding hydrogens is 298 g/mol. The number of nitrogens with two attached hydrogens (primary N) is 1. The first kappa shape index (κ1) is 17.0. The third-order valence-electron chi connectivity index (χ3n) is 4.52. The van der Waals surface area contributed by atoms with E-state index in [4.69, 9.17) is 10.3 Å². The molecule has 0 radical (unpaired) electrons. The van der Waals surface area contributed by atoms with Crippen molar-refractivity contribution in [3.63, 3.8) is 0 Å². The SMILES string of the molecule is CC1(N)CCCCC1c1nc(CCc2ccccc2)no1.Cl. The summed E-state index contributed by atoms with van der Waals surface area (Å²) in [4.78, 5) is 4.59. The Bertz CT molecular complexity index is 583. The standard InChI is InChI=1S/C17H23N3O.ClH/c1-17(18)12-6-5-9-14(17)16-19-15(20-21-16)11-10-13-7-3-2-4-8-13;/h2-4,7-8,14H,5-6,9-12,18H2,1H3;1H. The molecule has 3 rings (SSSR count). The summed E-state index contributed by atoms with van der Waals surface area (Å²) in [6.45, 7) is 2.10. The maximum atomic E-state index is 6.40. The van der Waals surface area contributed by atoms with Crippen molar-refractivity contribution in [2.24, 2.45) is 5.73 Å². The van der Waals surface area contributed by atoms with Crippen molar-refractivity contribution in [1.29, 1.82) is 0 Å². The average Bonchev–Trinajstić information content (AvgIpc) is 2.94. The van der Waals surface area contributed by atoms with Crippen LogP contribution in [0.3, 0.4) is 0 Å². The van der Waals surface area contributed by atoms with Gasteiger partial charge < -0.3 is 10.3 Å². The van der Waals surface area contributed by atoms with Crippen molar-refractivity contribution in [3.05, 3.63) is 47.6 Å². The Hall–Kier alpha value is -1.39. The Morgan fingerprint density at radius 3 is 2.73 bits per heavy atom. The fourth-order valence-electron chi connectivity index (χ4n) is 3.18. The van der Waals surface area contributed by atoms with Gasteiger partial charge in [0, 0.05) is 12.0 Å². The van der Waals surface area contributed by atoms with E-state index in [9.17, 15) is 0 Å². The second kappa shape index (κ2) is 7.25. The van der Waals surface area contributed by atoms with Gasteiger partial charge in [0.1, 0.15) is 0 Å². The van der Waals surface area contributed by atoms with Crippen LogP contribution in [0.1, 0.15) is 55.8 Å². The molecule has 1 aliphatic carbocycles. The Morgan fingerprint density at radius 1 is 1.23 bits per heavy atom. The van der Waals surface area contributed by atoms with Gasteiger partial charge in [-0.15, -0.1) is 12.4 Å². The molecule has 0 amide bonds. The Morgan fingerprint density at radius 2 is 2.00 bits per heavy atom. The normalized spacial score (nSPS) is 24.7. The highest BCUT2D eigenvalue weighted by molar-refractivity contribution is 5.85. The van der Waals surface area contributed by atoms with Crippen molar-refractivity contribution < 1.29 is 4.52 Å². The summed E-state index contributed by atoms with van der Waals surface area (Å²) in [5.74, 6) is 1.71. The number of rotatable bonds is 4. The van der Waals surface area contributed by atoms with Crippen molar-refractivity contribution in [2.45, 2.75) is 56.9 Å². The van der Waals surface area contributed by atoms with E-state index in [0.717, 1.165) is 37.4 Å². The second-order valence-electron chi connectivity index (χ2n) is 6.34. The molecule has 2 N–H and O–H groups in total. The highest BCUT2D eigenvalue weighted by Crippen LogP contribution is 2.38. The van der Waals surface area contributed by atoms with Gasteiger partial charge in [0.05, 0.1) is 5.92 Å². The molecule has 1 aromatic heterocycles. The maximum Gasteiger partial charge on any atom is 0.231 e. The number of hydrogen-bond acceptors (Lipinski definition) is 4. The zero-order chi connectivity index (χ0) is 14.7. The molecule has 1 aromatic carbocycles. The lowest BCUT2D eigenvalue weighted by Crippen LogP contribution is -2.44. The molecule has 5 heteroatoms. The molecule has 0 spiro atoms. The van der Waals surface area contributed by atoms with E-state index in [1.807, 2.05) is 6.07 Å². The highest BCUT2D eigenvalue weighted by Gasteiger charge is 2.37. The molecule has 0 saturated heterocycles. The van der Waals surface area contributed by atoms with Crippen LogP contribution in [-0.2, 0) is 12.8 Å². The molecule has 2 atom stereocenters. The molecule has 0 aliphatic heterocycles. The Kier molecular flexibility index (Phi) is 5.59. The van der Waals surface area contributed by atoms with E-state index >= 15 is 0 Å². The minimum absolute atomic E-state index is 0. The first-order chi connectivity index (χ1) is 10.1. The van der Waals surface area contributed by atoms with Crippen molar-refractivity contribution in [1.82, 2.24) is 10.1 Å². The number of hydrogen-bond donors (Lipinski definition) is 1. The smallest absolute Gasteiger partial charge is 0.231 e. The first-order valence-electron chi connectivity index (χ1n) is 7.80. The number of benzene rings is 1. The minimum Gasteiger partial charge on any atom is -0.339 e. The van der Waals surface area contributed by atoms with E-state index in [1.54, 1.807) is 0 Å². The molecule has 2 aromatic rings. The van der Waals surface area contributed by atoms with E-state index < -0.39 is 0 Å². The van der Waals surface area contributed by atoms with Gasteiger partial charge in [0.15, 0.2) is 5.82 Å². The average molecular weight is 322 g/mol. The van der Waals surface area contributed by atoms with Gasteiger partial charge in [-0.05, 0) is 31.7 Å². The lowest BCUT2D eigenvalue weighted by Gasteiger charge is -2.35. The monoisotopic (exact) mass is 321 g/mol. The summed E-state index contributed by atoms with van der Waals surface area (Å²) >= 11 is 0. The van der Waals surface area contributed by atoms with Crippen molar-refractivity contribution in [3.8, 4) is 0 Å². The predicted molar refractivity (Wildman–Crippen MR) is 89.2 cm³/mol. The summed E-state index contributed by atoms with van der Waals surface area (Å²) in [5, 5.41) is 4.13. The summed E-state index contributed by atoms with van der Waals surface area (Å²) < 4.78 is 5.49. The summed E-state index contributed by atoms with van der Waals surface area (Å²) in [6.07, 6.45) is 6.20. The summed E-state index contributed by atoms with van der Waals surface area (Å²) in [6, 6.07) is 10.4. The molecule has 2 unspecified atom stereocenters. The van der Waals surface area contributed by atoms with Crippen LogP contribution in [0.4, 0.5) is 0 Å². The highest BCUT2D eigenvalue weighted by atomic mass is 35.5. The third-order valence-corrected chi connectivity index (χ3v) is 4.52. The molecule has 1 heterocycles. The summed E-state index contributed by atoms with van der Waals surface area (Å²) in [7, 11) is 0. The van der Waals surface area contributed by atoms with Crippen LogP contribution in [0.25, 0.3) is 0 Å². The van der Waals surface area contributed by atoms with Crippen LogP contribution in [0.5, 0.6) is 0 Å². The molecule has 120 valence electrons. The number of nitrogens with zero attached hydrogens (tertiary/aromatic N) is 2. The Labute approximate surface area is 137 Å². The fourth-order valence-corrected chi connectivity index (χ4v) is 3.18. The van der Waals surface area contributed by atoms with Crippen LogP contribution in [-0.4, -0.2) is 15.7 Å². The van der Waals surface area contributed by atoms with Gasteiger partial charge in [-0.2, -0.15) is 4.98 Å². The maximum absolute atomic E-state index is 6.40. The lowest BCUT2D eigenvalue weighted by molar-refractivity contribution is 0.222. The summed E-state index contributed by atoms with van der Waals surface area (Å²) in [5.41, 5.74) is 7.48. The topological polar surface area (TPSA) is 64.9 Å². The van der Waals surface area contributed by atoms with Gasteiger partial charge in [-0.3, -0.25) is 0 Å². The molecule has 22 heavy (non-hydrogen) atoms. The van der Waals surface area contributed by atoms with Crippen LogP contribution in [0.15, 0.2) is 34.9 Å². The van der Waals surface area contributed by atoms with E-state index in [2.05, 4.69) is 41.3 Å². The van der Waals surface area contributed by atoms with Gasteiger partial charge in [-0.25, -0.2) is 0 Å². The zero-order valence-electron chi connectivity index (χ0n) is 13.0. The van der Waals surface area contributed by atoms with Crippen molar-refractivity contribution in [2.75, 3.05) is 0 Å².